The highest BCUT2D eigenvalue weighted by molar-refractivity contribution is 6.18. The van der Waals surface area contributed by atoms with E-state index in [-0.39, 0.29) is 48.6 Å². The summed E-state index contributed by atoms with van der Waals surface area (Å²) in [5, 5.41) is 12.7. The van der Waals surface area contributed by atoms with Crippen LogP contribution in [0.5, 0.6) is 17.2 Å². The molecule has 0 amide bonds. The molecule has 9 nitrogen and oxygen atoms in total. The molecule has 10 heteroatoms. The van der Waals surface area contributed by atoms with Crippen molar-refractivity contribution in [3.05, 3.63) is 83.3 Å². The predicted octanol–water partition coefficient (Wildman–Crippen LogP) is 4.38. The number of nitrogens with one attached hydrogen (secondary N) is 1. The Morgan fingerprint density at radius 1 is 1.15 bits per heavy atom. The normalized spacial score (nSPS) is 17.9. The smallest absolute Gasteiger partial charge is 0.316 e. The monoisotopic (exact) mass is 531 g/mol. The molecule has 39 heavy (non-hydrogen) atoms. The lowest BCUT2D eigenvalue weighted by Crippen LogP contribution is -2.45. The van der Waals surface area contributed by atoms with Crippen molar-refractivity contribution in [2.24, 2.45) is 5.92 Å². The Bertz CT molecular complexity index is 1510. The second-order valence-corrected chi connectivity index (χ2v) is 9.67. The molecule has 3 aliphatic rings. The average Bonchev–Trinajstić information content (AvgIpc) is 3.41. The van der Waals surface area contributed by atoms with Gasteiger partial charge in [-0.15, -0.1) is 0 Å². The van der Waals surface area contributed by atoms with Crippen LogP contribution in [0.3, 0.4) is 0 Å². The average molecular weight is 532 g/mol. The van der Waals surface area contributed by atoms with Crippen LogP contribution < -0.4 is 30.2 Å². The molecule has 2 unspecified atom stereocenters. The van der Waals surface area contributed by atoms with Gasteiger partial charge in [0.15, 0.2) is 28.8 Å². The van der Waals surface area contributed by atoms with E-state index in [2.05, 4.69) is 11.9 Å². The number of ketones is 1. The minimum absolute atomic E-state index is 0.0227. The topological polar surface area (TPSA) is 123 Å². The maximum atomic E-state index is 15.7. The highest BCUT2D eigenvalue weighted by Gasteiger charge is 2.44. The quantitative estimate of drug-likeness (QED) is 0.301. The van der Waals surface area contributed by atoms with Crippen LogP contribution in [0.4, 0.5) is 21.5 Å². The Morgan fingerprint density at radius 3 is 2.69 bits per heavy atom. The molecule has 3 aliphatic heterocycles. The van der Waals surface area contributed by atoms with E-state index in [1.165, 1.54) is 0 Å². The number of hydrogen-bond acceptors (Lipinski definition) is 8. The standard InChI is InChI=1S/C29H26FN3O6/c1-15-13-37-28-25(23(30)24(31)22-26(28)33(15)12-19(27(22)34)29(35)36)32-10-9-18(16-5-3-2-4-6-16)17-7-8-20-21(11-17)39-14-38-20/h2-8,11,18-19,32H,1,9-10,12-14,31H2,(H,35,36). The summed E-state index contributed by atoms with van der Waals surface area (Å²) in [4.78, 5) is 26.3. The third kappa shape index (κ3) is 4.08. The van der Waals surface area contributed by atoms with Crippen molar-refractivity contribution in [3.8, 4) is 17.2 Å². The van der Waals surface area contributed by atoms with Crippen molar-refractivity contribution in [1.82, 2.24) is 0 Å². The first-order valence-electron chi connectivity index (χ1n) is 12.5. The number of carboxylic acids is 1. The van der Waals surface area contributed by atoms with Gasteiger partial charge in [-0.25, -0.2) is 4.39 Å². The number of Topliss-reactive ketones (excluding diaryl/α,β-unsaturated/α-hetero) is 1. The van der Waals surface area contributed by atoms with Crippen LogP contribution in [-0.2, 0) is 4.79 Å². The summed E-state index contributed by atoms with van der Waals surface area (Å²) in [6.45, 7) is 4.36. The predicted molar refractivity (Wildman–Crippen MR) is 142 cm³/mol. The zero-order valence-electron chi connectivity index (χ0n) is 20.9. The molecule has 0 aliphatic carbocycles. The summed E-state index contributed by atoms with van der Waals surface area (Å²) in [7, 11) is 0. The summed E-state index contributed by atoms with van der Waals surface area (Å²) in [5.74, 6) is -2.83. The fourth-order valence-electron chi connectivity index (χ4n) is 5.43. The second kappa shape index (κ2) is 9.54. The minimum Gasteiger partial charge on any atom is -0.483 e. The second-order valence-electron chi connectivity index (χ2n) is 9.67. The van der Waals surface area contributed by atoms with Gasteiger partial charge in [-0.3, -0.25) is 9.59 Å². The van der Waals surface area contributed by atoms with Gasteiger partial charge in [0.2, 0.25) is 6.79 Å². The van der Waals surface area contributed by atoms with E-state index in [0.717, 1.165) is 11.1 Å². The molecular weight excluding hydrogens is 505 g/mol. The molecule has 3 heterocycles. The SMILES string of the molecule is C=C1COc2c(NCCC(c3ccccc3)c3ccc4c(c3)OCO4)c(F)c(N)c3c2N1CC(C(=O)O)C3=O. The van der Waals surface area contributed by atoms with E-state index in [0.29, 0.717) is 30.2 Å². The van der Waals surface area contributed by atoms with Crippen molar-refractivity contribution in [2.75, 3.05) is 42.4 Å². The number of anilines is 3. The zero-order chi connectivity index (χ0) is 27.3. The fraction of sp³-hybridized carbons (Fsp3) is 0.241. The molecule has 0 fully saturated rings. The summed E-state index contributed by atoms with van der Waals surface area (Å²) >= 11 is 0. The van der Waals surface area contributed by atoms with Crippen LogP contribution in [0, 0.1) is 11.7 Å². The first-order chi connectivity index (χ1) is 18.8. The van der Waals surface area contributed by atoms with E-state index in [1.807, 2.05) is 48.5 Å². The number of fused-ring (bicyclic) bond motifs is 1. The van der Waals surface area contributed by atoms with Crippen molar-refractivity contribution in [1.29, 1.82) is 0 Å². The number of benzene rings is 3. The number of carbonyl (C=O) groups excluding carboxylic acids is 1. The Labute approximate surface area is 223 Å². The van der Waals surface area contributed by atoms with E-state index in [4.69, 9.17) is 19.9 Å². The van der Waals surface area contributed by atoms with Gasteiger partial charge in [0.05, 0.1) is 16.9 Å². The highest BCUT2D eigenvalue weighted by atomic mass is 19.1. The maximum absolute atomic E-state index is 15.7. The third-order valence-corrected chi connectivity index (χ3v) is 7.40. The van der Waals surface area contributed by atoms with Gasteiger partial charge in [-0.05, 0) is 29.7 Å². The van der Waals surface area contributed by atoms with Crippen molar-refractivity contribution in [2.45, 2.75) is 12.3 Å². The summed E-state index contributed by atoms with van der Waals surface area (Å²) in [6, 6.07) is 15.8. The number of nitrogens with zero attached hydrogens (tertiary/aromatic N) is 1. The first kappa shape index (κ1) is 24.6. The van der Waals surface area contributed by atoms with Gasteiger partial charge < -0.3 is 35.3 Å². The number of hydrogen-bond donors (Lipinski definition) is 3. The van der Waals surface area contributed by atoms with Crippen molar-refractivity contribution in [3.63, 3.8) is 0 Å². The van der Waals surface area contributed by atoms with Crippen LogP contribution in [0.2, 0.25) is 0 Å². The molecule has 6 rings (SSSR count). The van der Waals surface area contributed by atoms with E-state index < -0.39 is 29.2 Å². The molecule has 3 aromatic rings. The van der Waals surface area contributed by atoms with Gasteiger partial charge in [-0.2, -0.15) is 0 Å². The molecule has 200 valence electrons. The summed E-state index contributed by atoms with van der Waals surface area (Å²) < 4.78 is 32.5. The maximum Gasteiger partial charge on any atom is 0.316 e. The molecule has 0 spiro atoms. The van der Waals surface area contributed by atoms with Gasteiger partial charge in [0.25, 0.3) is 0 Å². The number of carbonyl (C=O) groups is 2. The molecule has 0 radical (unpaired) electrons. The Hall–Kier alpha value is -4.73. The summed E-state index contributed by atoms with van der Waals surface area (Å²) in [5.41, 5.74) is 8.36. The number of ether oxygens (including phenoxy) is 3. The van der Waals surface area contributed by atoms with Gasteiger partial charge in [0, 0.05) is 24.7 Å². The number of aliphatic carboxylic acids is 1. The molecule has 0 bridgehead atoms. The molecule has 2 atom stereocenters. The Morgan fingerprint density at radius 2 is 1.92 bits per heavy atom. The fourth-order valence-corrected chi connectivity index (χ4v) is 5.43. The molecule has 3 aromatic carbocycles. The first-order valence-corrected chi connectivity index (χ1v) is 12.5. The van der Waals surface area contributed by atoms with Crippen LogP contribution in [0.15, 0.2) is 60.8 Å². The lowest BCUT2D eigenvalue weighted by atomic mass is 9.87. The molecular formula is C29H26FN3O6. The van der Waals surface area contributed by atoms with Gasteiger partial charge in [-0.1, -0.05) is 43.0 Å². The van der Waals surface area contributed by atoms with E-state index >= 15 is 4.39 Å². The van der Waals surface area contributed by atoms with E-state index in [9.17, 15) is 14.7 Å². The Balaban J connectivity index is 1.33. The van der Waals surface area contributed by atoms with Gasteiger partial charge in [0.1, 0.15) is 18.2 Å². The van der Waals surface area contributed by atoms with Crippen LogP contribution in [-0.4, -0.2) is 43.3 Å². The minimum atomic E-state index is -1.38. The van der Waals surface area contributed by atoms with E-state index in [1.54, 1.807) is 4.90 Å². The molecule has 0 saturated heterocycles. The molecule has 0 aromatic heterocycles. The Kier molecular flexibility index (Phi) is 6.02. The van der Waals surface area contributed by atoms with Crippen LogP contribution in [0.1, 0.15) is 33.8 Å². The number of nitrogen functional groups attached to an aromatic ring is 1. The van der Waals surface area contributed by atoms with Crippen LogP contribution in [0.25, 0.3) is 0 Å². The molecule has 4 N–H and O–H groups in total. The van der Waals surface area contributed by atoms with Gasteiger partial charge >= 0.3 is 5.97 Å². The largest absolute Gasteiger partial charge is 0.483 e. The highest BCUT2D eigenvalue weighted by Crippen LogP contribution is 2.51. The third-order valence-electron chi connectivity index (χ3n) is 7.40. The lowest BCUT2D eigenvalue weighted by Gasteiger charge is -2.40. The number of halogens is 1. The van der Waals surface area contributed by atoms with Crippen molar-refractivity contribution < 1.29 is 33.3 Å². The number of rotatable bonds is 7. The lowest BCUT2D eigenvalue weighted by molar-refractivity contribution is -0.139. The summed E-state index contributed by atoms with van der Waals surface area (Å²) in [6.07, 6.45) is 0.579. The number of nitrogens with two attached hydrogens (primary N) is 1. The zero-order valence-corrected chi connectivity index (χ0v) is 20.9. The van der Waals surface area contributed by atoms with Crippen molar-refractivity contribution >= 4 is 28.8 Å². The van der Waals surface area contributed by atoms with Crippen LogP contribution >= 0.6 is 0 Å². The molecule has 0 saturated carbocycles. The number of carboxylic acid groups (broad SMARTS) is 1.